The van der Waals surface area contributed by atoms with Crippen molar-refractivity contribution in [1.82, 2.24) is 5.32 Å². The first-order valence-corrected chi connectivity index (χ1v) is 10.9. The van der Waals surface area contributed by atoms with Gasteiger partial charge >= 0.3 is 0 Å². The first-order valence-electron chi connectivity index (χ1n) is 9.30. The van der Waals surface area contributed by atoms with E-state index in [1.165, 1.54) is 9.87 Å². The van der Waals surface area contributed by atoms with Gasteiger partial charge < -0.3 is 5.32 Å². The van der Waals surface area contributed by atoms with E-state index in [2.05, 4.69) is 5.32 Å². The number of hydrogen-bond donors (Lipinski definition) is 1. The van der Waals surface area contributed by atoms with Crippen molar-refractivity contribution < 1.29 is 13.2 Å². The van der Waals surface area contributed by atoms with Crippen LogP contribution in [0.4, 0.5) is 5.69 Å². The first-order chi connectivity index (χ1) is 12.8. The molecule has 0 aliphatic rings. The molecule has 2 aromatic rings. The number of nitrogens with zero attached hydrogens (tertiary/aromatic N) is 1. The molecule has 2 aromatic carbocycles. The number of carbonyl (C=O) groups is 1. The monoisotopic (exact) mass is 388 g/mol. The number of nitrogens with one attached hydrogen (secondary N) is 1. The van der Waals surface area contributed by atoms with Crippen molar-refractivity contribution in [3.05, 3.63) is 65.2 Å². The van der Waals surface area contributed by atoms with Crippen molar-refractivity contribution >= 4 is 21.6 Å². The van der Waals surface area contributed by atoms with E-state index in [4.69, 9.17) is 0 Å². The lowest BCUT2D eigenvalue weighted by molar-refractivity contribution is 0.0935. The maximum atomic E-state index is 12.6. The average Bonchev–Trinajstić information content (AvgIpc) is 2.67. The van der Waals surface area contributed by atoms with Gasteiger partial charge in [-0.1, -0.05) is 36.8 Å². The van der Waals surface area contributed by atoms with Crippen LogP contribution >= 0.6 is 0 Å². The van der Waals surface area contributed by atoms with Crippen LogP contribution in [0.3, 0.4) is 0 Å². The molecule has 0 radical (unpaired) electrons. The van der Waals surface area contributed by atoms with E-state index in [1.807, 2.05) is 38.1 Å². The summed E-state index contributed by atoms with van der Waals surface area (Å²) in [5.74, 6) is -0.131. The van der Waals surface area contributed by atoms with Crippen molar-refractivity contribution in [2.75, 3.05) is 16.6 Å². The van der Waals surface area contributed by atoms with Crippen LogP contribution in [-0.4, -0.2) is 26.6 Å². The van der Waals surface area contributed by atoms with Crippen LogP contribution in [-0.2, 0) is 10.0 Å². The van der Waals surface area contributed by atoms with Gasteiger partial charge in [-0.25, -0.2) is 8.42 Å². The lowest BCUT2D eigenvalue weighted by Gasteiger charge is -2.22. The Morgan fingerprint density at radius 3 is 2.07 bits per heavy atom. The minimum Gasteiger partial charge on any atom is -0.345 e. The first kappa shape index (κ1) is 21.0. The summed E-state index contributed by atoms with van der Waals surface area (Å²) in [6.07, 6.45) is 0.783. The van der Waals surface area contributed by atoms with E-state index >= 15 is 0 Å². The Bertz CT molecular complexity index is 859. The molecule has 0 saturated carbocycles. The topological polar surface area (TPSA) is 66.5 Å². The minimum absolute atomic E-state index is 0.0395. The summed E-state index contributed by atoms with van der Waals surface area (Å²) in [4.78, 5) is 12.6. The highest BCUT2D eigenvalue weighted by Crippen LogP contribution is 2.21. The standard InChI is InChI=1S/C21H28N2O3S/c1-5-20(17-10-8-16(4)9-11-17)22-21(24)18-12-14-19(15-13-18)23(6-2)27(25,26)7-3/h8-15,20H,5-7H2,1-4H3,(H,22,24). The molecule has 1 N–H and O–H groups in total. The Morgan fingerprint density at radius 1 is 1.00 bits per heavy atom. The van der Waals surface area contributed by atoms with Crippen molar-refractivity contribution in [2.24, 2.45) is 0 Å². The quantitative estimate of drug-likeness (QED) is 0.742. The second-order valence-electron chi connectivity index (χ2n) is 6.46. The summed E-state index contributed by atoms with van der Waals surface area (Å²) in [6.45, 7) is 7.83. The molecule has 0 spiro atoms. The lowest BCUT2D eigenvalue weighted by Crippen LogP contribution is -2.32. The summed E-state index contributed by atoms with van der Waals surface area (Å²) < 4.78 is 25.7. The summed E-state index contributed by atoms with van der Waals surface area (Å²) in [7, 11) is -3.33. The molecule has 27 heavy (non-hydrogen) atoms. The molecule has 1 unspecified atom stereocenters. The van der Waals surface area contributed by atoms with Crippen LogP contribution in [0.5, 0.6) is 0 Å². The fraction of sp³-hybridized carbons (Fsp3) is 0.381. The summed E-state index contributed by atoms with van der Waals surface area (Å²) in [5, 5.41) is 3.05. The molecule has 2 rings (SSSR count). The van der Waals surface area contributed by atoms with Gasteiger partial charge in [-0.3, -0.25) is 9.10 Å². The van der Waals surface area contributed by atoms with E-state index in [0.29, 0.717) is 17.8 Å². The smallest absolute Gasteiger partial charge is 0.251 e. The molecular formula is C21H28N2O3S. The highest BCUT2D eigenvalue weighted by Gasteiger charge is 2.19. The highest BCUT2D eigenvalue weighted by atomic mass is 32.2. The fourth-order valence-corrected chi connectivity index (χ4v) is 4.08. The number of amides is 1. The maximum absolute atomic E-state index is 12.6. The zero-order valence-corrected chi connectivity index (χ0v) is 17.2. The number of benzene rings is 2. The van der Waals surface area contributed by atoms with E-state index in [-0.39, 0.29) is 17.7 Å². The van der Waals surface area contributed by atoms with Gasteiger partial charge in [0.2, 0.25) is 10.0 Å². The zero-order chi connectivity index (χ0) is 20.0. The third kappa shape index (κ3) is 5.10. The molecular weight excluding hydrogens is 360 g/mol. The largest absolute Gasteiger partial charge is 0.345 e. The van der Waals surface area contributed by atoms with Crippen molar-refractivity contribution in [2.45, 2.75) is 40.2 Å². The number of rotatable bonds is 8. The molecule has 0 saturated heterocycles. The molecule has 0 aliphatic carbocycles. The van der Waals surface area contributed by atoms with Crippen LogP contribution in [0.15, 0.2) is 48.5 Å². The predicted octanol–water partition coefficient (Wildman–Crippen LogP) is 4.05. The molecule has 0 fully saturated rings. The van der Waals surface area contributed by atoms with Gasteiger partial charge in [0.05, 0.1) is 17.5 Å². The van der Waals surface area contributed by atoms with Gasteiger partial charge in [0, 0.05) is 12.1 Å². The molecule has 146 valence electrons. The Kier molecular flexibility index (Phi) is 7.02. The van der Waals surface area contributed by atoms with Gasteiger partial charge in [0.25, 0.3) is 5.91 Å². The molecule has 6 heteroatoms. The van der Waals surface area contributed by atoms with Crippen LogP contribution < -0.4 is 9.62 Å². The normalized spacial score (nSPS) is 12.4. The molecule has 1 atom stereocenters. The third-order valence-corrected chi connectivity index (χ3v) is 6.47. The Labute approximate surface area is 162 Å². The van der Waals surface area contributed by atoms with Gasteiger partial charge in [-0.15, -0.1) is 0 Å². The van der Waals surface area contributed by atoms with E-state index in [9.17, 15) is 13.2 Å². The van der Waals surface area contributed by atoms with E-state index < -0.39 is 10.0 Å². The zero-order valence-electron chi connectivity index (χ0n) is 16.4. The molecule has 1 amide bonds. The van der Waals surface area contributed by atoms with Crippen LogP contribution in [0.2, 0.25) is 0 Å². The average molecular weight is 389 g/mol. The van der Waals surface area contributed by atoms with Gasteiger partial charge in [-0.2, -0.15) is 0 Å². The number of hydrogen-bond acceptors (Lipinski definition) is 3. The van der Waals surface area contributed by atoms with Crippen molar-refractivity contribution in [3.63, 3.8) is 0 Å². The van der Waals surface area contributed by atoms with Gasteiger partial charge in [0.15, 0.2) is 0 Å². The third-order valence-electron chi connectivity index (χ3n) is 4.60. The summed E-state index contributed by atoms with van der Waals surface area (Å²) in [5.41, 5.74) is 3.33. The van der Waals surface area contributed by atoms with Gasteiger partial charge in [-0.05, 0) is 57.0 Å². The van der Waals surface area contributed by atoms with Crippen LogP contribution in [0.1, 0.15) is 54.7 Å². The predicted molar refractivity (Wildman–Crippen MR) is 111 cm³/mol. The second kappa shape index (κ2) is 9.04. The van der Waals surface area contributed by atoms with Crippen molar-refractivity contribution in [3.8, 4) is 0 Å². The number of sulfonamides is 1. The molecule has 5 nitrogen and oxygen atoms in total. The van der Waals surface area contributed by atoms with E-state index in [1.54, 1.807) is 38.1 Å². The van der Waals surface area contributed by atoms with E-state index in [0.717, 1.165) is 12.0 Å². The Morgan fingerprint density at radius 2 is 1.59 bits per heavy atom. The molecule has 0 aromatic heterocycles. The number of carbonyl (C=O) groups excluding carboxylic acids is 1. The number of anilines is 1. The Balaban J connectivity index is 2.16. The summed E-state index contributed by atoms with van der Waals surface area (Å²) >= 11 is 0. The molecule has 0 aliphatic heterocycles. The van der Waals surface area contributed by atoms with Crippen LogP contribution in [0.25, 0.3) is 0 Å². The lowest BCUT2D eigenvalue weighted by atomic mass is 10.0. The van der Waals surface area contributed by atoms with Crippen molar-refractivity contribution in [1.29, 1.82) is 0 Å². The molecule has 0 bridgehead atoms. The fourth-order valence-electron chi connectivity index (χ4n) is 2.94. The second-order valence-corrected chi connectivity index (χ2v) is 8.64. The minimum atomic E-state index is -3.33. The maximum Gasteiger partial charge on any atom is 0.251 e. The van der Waals surface area contributed by atoms with Gasteiger partial charge in [0.1, 0.15) is 0 Å². The highest BCUT2D eigenvalue weighted by molar-refractivity contribution is 7.92. The number of aryl methyl sites for hydroxylation is 1. The SMILES string of the molecule is CCC(NC(=O)c1ccc(N(CC)S(=O)(=O)CC)cc1)c1ccc(C)cc1. The summed E-state index contributed by atoms with van der Waals surface area (Å²) in [6, 6.07) is 14.8. The molecule has 0 heterocycles. The van der Waals surface area contributed by atoms with Crippen LogP contribution in [0, 0.1) is 6.92 Å². The Hall–Kier alpha value is -2.34.